The molecule has 3 aliphatic heterocycles. The first-order valence-corrected chi connectivity index (χ1v) is 8.71. The Labute approximate surface area is 145 Å². The van der Waals surface area contributed by atoms with Gasteiger partial charge in [-0.25, -0.2) is 0 Å². The first-order chi connectivity index (χ1) is 12.1. The Morgan fingerprint density at radius 1 is 1.16 bits per heavy atom. The molecule has 2 N–H and O–H groups in total. The smallest absolute Gasteiger partial charge is 0.320 e. The highest BCUT2D eigenvalue weighted by atomic mass is 16.6. The van der Waals surface area contributed by atoms with Crippen molar-refractivity contribution in [2.45, 2.75) is 25.3 Å². The average Bonchev–Trinajstić information content (AvgIpc) is 3.05. The van der Waals surface area contributed by atoms with Crippen molar-refractivity contribution in [3.05, 3.63) is 23.8 Å². The van der Waals surface area contributed by atoms with Gasteiger partial charge in [0, 0.05) is 25.2 Å². The van der Waals surface area contributed by atoms with E-state index in [9.17, 15) is 9.59 Å². The van der Waals surface area contributed by atoms with Gasteiger partial charge in [0.2, 0.25) is 0 Å². The zero-order chi connectivity index (χ0) is 17.4. The van der Waals surface area contributed by atoms with Gasteiger partial charge in [-0.15, -0.1) is 0 Å². The van der Waals surface area contributed by atoms with E-state index in [0.29, 0.717) is 49.8 Å². The molecule has 0 radical (unpaired) electrons. The fourth-order valence-electron chi connectivity index (χ4n) is 4.02. The molecule has 134 valence electrons. The molecule has 1 aromatic carbocycles. The van der Waals surface area contributed by atoms with E-state index in [1.54, 1.807) is 18.2 Å². The van der Waals surface area contributed by atoms with Gasteiger partial charge in [-0.3, -0.25) is 9.59 Å². The lowest BCUT2D eigenvalue weighted by atomic mass is 9.76. The van der Waals surface area contributed by atoms with Crippen molar-refractivity contribution in [1.29, 1.82) is 0 Å². The molecule has 0 aliphatic carbocycles. The minimum atomic E-state index is -0.786. The number of piperidine rings is 1. The lowest BCUT2D eigenvalue weighted by molar-refractivity contribution is -0.139. The van der Waals surface area contributed by atoms with Gasteiger partial charge in [0.25, 0.3) is 5.91 Å². The molecule has 1 spiro atoms. The second-order valence-corrected chi connectivity index (χ2v) is 7.13. The number of hydrogen-bond acceptors (Lipinski definition) is 5. The number of fused-ring (bicyclic) bond motifs is 1. The summed E-state index contributed by atoms with van der Waals surface area (Å²) in [6.07, 6.45) is 2.31. The molecule has 0 aromatic heterocycles. The Kier molecular flexibility index (Phi) is 4.03. The van der Waals surface area contributed by atoms with E-state index in [1.165, 1.54) is 0 Å². The molecular weight excluding hydrogens is 324 g/mol. The van der Waals surface area contributed by atoms with Gasteiger partial charge < -0.3 is 24.8 Å². The lowest BCUT2D eigenvalue weighted by Crippen LogP contribution is -2.44. The Morgan fingerprint density at radius 3 is 2.56 bits per heavy atom. The normalized spacial score (nSPS) is 24.3. The van der Waals surface area contributed by atoms with Crippen molar-refractivity contribution in [3.8, 4) is 11.5 Å². The van der Waals surface area contributed by atoms with Gasteiger partial charge in [-0.2, -0.15) is 0 Å². The van der Waals surface area contributed by atoms with Gasteiger partial charge in [-0.05, 0) is 42.9 Å². The number of nitrogens with zero attached hydrogens (tertiary/aromatic N) is 1. The second kappa shape index (κ2) is 6.22. The van der Waals surface area contributed by atoms with Crippen LogP contribution in [0.15, 0.2) is 18.2 Å². The van der Waals surface area contributed by atoms with Crippen LogP contribution in [0.25, 0.3) is 0 Å². The molecule has 7 nitrogen and oxygen atoms in total. The van der Waals surface area contributed by atoms with Crippen molar-refractivity contribution in [1.82, 2.24) is 10.2 Å². The van der Waals surface area contributed by atoms with Crippen LogP contribution in [0.1, 0.15) is 29.6 Å². The summed E-state index contributed by atoms with van der Waals surface area (Å²) in [5, 5.41) is 12.3. The number of carboxylic acid groups (broad SMARTS) is 1. The van der Waals surface area contributed by atoms with Crippen molar-refractivity contribution in [2.24, 2.45) is 5.41 Å². The lowest BCUT2D eigenvalue weighted by Gasteiger charge is -2.39. The minimum Gasteiger partial charge on any atom is -0.486 e. The Balaban J connectivity index is 1.41. The summed E-state index contributed by atoms with van der Waals surface area (Å²) in [4.78, 5) is 25.8. The van der Waals surface area contributed by atoms with Crippen LogP contribution in [0, 0.1) is 5.41 Å². The molecule has 4 rings (SSSR count). The van der Waals surface area contributed by atoms with Crippen molar-refractivity contribution in [2.75, 3.05) is 32.8 Å². The summed E-state index contributed by atoms with van der Waals surface area (Å²) in [5.41, 5.74) is 0.611. The van der Waals surface area contributed by atoms with Gasteiger partial charge in [0.15, 0.2) is 11.5 Å². The topological polar surface area (TPSA) is 88.1 Å². The van der Waals surface area contributed by atoms with E-state index in [1.807, 2.05) is 4.90 Å². The Hall–Kier alpha value is -2.28. The van der Waals surface area contributed by atoms with Crippen LogP contribution in [0.3, 0.4) is 0 Å². The largest absolute Gasteiger partial charge is 0.486 e. The average molecular weight is 346 g/mol. The van der Waals surface area contributed by atoms with Gasteiger partial charge in [0.1, 0.15) is 19.3 Å². The minimum absolute atomic E-state index is 0.00659. The number of carbonyl (C=O) groups is 2. The number of amides is 1. The second-order valence-electron chi connectivity index (χ2n) is 7.13. The molecule has 0 saturated carbocycles. The van der Waals surface area contributed by atoms with E-state index in [-0.39, 0.29) is 11.3 Å². The molecule has 2 fully saturated rings. The number of hydrogen-bond donors (Lipinski definition) is 2. The predicted molar refractivity (Wildman–Crippen MR) is 89.0 cm³/mol. The maximum absolute atomic E-state index is 12.8. The van der Waals surface area contributed by atoms with Crippen LogP contribution >= 0.6 is 0 Å². The molecule has 3 aliphatic rings. The Bertz CT molecular complexity index is 697. The molecule has 1 aromatic rings. The van der Waals surface area contributed by atoms with E-state index in [4.69, 9.17) is 14.6 Å². The molecule has 7 heteroatoms. The zero-order valence-electron chi connectivity index (χ0n) is 14.0. The molecule has 2 saturated heterocycles. The number of ether oxygens (including phenoxy) is 2. The molecule has 25 heavy (non-hydrogen) atoms. The number of carboxylic acids is 1. The molecule has 1 amide bonds. The van der Waals surface area contributed by atoms with E-state index in [0.717, 1.165) is 19.4 Å². The number of aliphatic carboxylic acids is 1. The van der Waals surface area contributed by atoms with Crippen LogP contribution in [-0.4, -0.2) is 60.8 Å². The van der Waals surface area contributed by atoms with Crippen LogP contribution in [-0.2, 0) is 4.79 Å². The van der Waals surface area contributed by atoms with Gasteiger partial charge in [-0.1, -0.05) is 0 Å². The van der Waals surface area contributed by atoms with Crippen LogP contribution < -0.4 is 14.8 Å². The van der Waals surface area contributed by atoms with Crippen molar-refractivity contribution < 1.29 is 24.2 Å². The van der Waals surface area contributed by atoms with Gasteiger partial charge >= 0.3 is 5.97 Å². The fourth-order valence-corrected chi connectivity index (χ4v) is 4.02. The van der Waals surface area contributed by atoms with Crippen LogP contribution in [0.5, 0.6) is 11.5 Å². The quantitative estimate of drug-likeness (QED) is 0.835. The molecule has 1 atom stereocenters. The van der Waals surface area contributed by atoms with Crippen LogP contribution in [0.2, 0.25) is 0 Å². The molecule has 0 bridgehead atoms. The van der Waals surface area contributed by atoms with Gasteiger partial charge in [0.05, 0.1) is 0 Å². The number of nitrogens with one attached hydrogen (secondary N) is 1. The summed E-state index contributed by atoms with van der Waals surface area (Å²) < 4.78 is 11.0. The van der Waals surface area contributed by atoms with Crippen molar-refractivity contribution in [3.63, 3.8) is 0 Å². The summed E-state index contributed by atoms with van der Waals surface area (Å²) >= 11 is 0. The summed E-state index contributed by atoms with van der Waals surface area (Å²) in [6.45, 7) is 3.05. The first kappa shape index (κ1) is 16.2. The SMILES string of the molecule is O=C(O)C1CC2(CCN(C(=O)c3ccc4c(c3)OCCO4)CC2)CN1. The molecular formula is C18H22N2O5. The third kappa shape index (κ3) is 3.04. The zero-order valence-corrected chi connectivity index (χ0v) is 14.0. The number of benzene rings is 1. The maximum Gasteiger partial charge on any atom is 0.320 e. The number of carbonyl (C=O) groups excluding carboxylic acids is 1. The first-order valence-electron chi connectivity index (χ1n) is 8.71. The standard InChI is InChI=1S/C18H22N2O5/c21-16(12-1-2-14-15(9-12)25-8-7-24-14)20-5-3-18(4-6-20)10-13(17(22)23)19-11-18/h1-2,9,13,19H,3-8,10-11H2,(H,22,23). The molecule has 1 unspecified atom stereocenters. The molecule has 3 heterocycles. The highest BCUT2D eigenvalue weighted by molar-refractivity contribution is 5.95. The monoisotopic (exact) mass is 346 g/mol. The maximum atomic E-state index is 12.8. The van der Waals surface area contributed by atoms with E-state index >= 15 is 0 Å². The van der Waals surface area contributed by atoms with E-state index in [2.05, 4.69) is 5.32 Å². The fraction of sp³-hybridized carbons (Fsp3) is 0.556. The van der Waals surface area contributed by atoms with Crippen LogP contribution in [0.4, 0.5) is 0 Å². The predicted octanol–water partition coefficient (Wildman–Crippen LogP) is 1.13. The highest BCUT2D eigenvalue weighted by Gasteiger charge is 2.44. The number of likely N-dealkylation sites (tertiary alicyclic amines) is 1. The third-order valence-corrected chi connectivity index (χ3v) is 5.56. The summed E-state index contributed by atoms with van der Waals surface area (Å²) in [5.74, 6) is 0.506. The summed E-state index contributed by atoms with van der Waals surface area (Å²) in [7, 11) is 0. The van der Waals surface area contributed by atoms with Crippen molar-refractivity contribution >= 4 is 11.9 Å². The summed E-state index contributed by atoms with van der Waals surface area (Å²) in [6, 6.07) is 4.85. The Morgan fingerprint density at radius 2 is 1.88 bits per heavy atom. The number of rotatable bonds is 2. The third-order valence-electron chi connectivity index (χ3n) is 5.56. The highest BCUT2D eigenvalue weighted by Crippen LogP contribution is 2.40. The van der Waals surface area contributed by atoms with E-state index < -0.39 is 12.0 Å².